The summed E-state index contributed by atoms with van der Waals surface area (Å²) in [6.45, 7) is 4.04. The van der Waals surface area contributed by atoms with E-state index in [9.17, 15) is 4.79 Å². The highest BCUT2D eigenvalue weighted by molar-refractivity contribution is 5.94. The molecule has 76 valence electrons. The molecule has 0 fully saturated rings. The number of esters is 1. The van der Waals surface area contributed by atoms with Gasteiger partial charge < -0.3 is 10.5 Å². The number of rotatable bonds is 2. The number of anilines is 1. The SMILES string of the molecule is COC(=O)c1cc(C(C)C)cnc1N. The minimum Gasteiger partial charge on any atom is -0.465 e. The van der Waals surface area contributed by atoms with Crippen LogP contribution in [-0.4, -0.2) is 18.1 Å². The van der Waals surface area contributed by atoms with Gasteiger partial charge in [-0.1, -0.05) is 13.8 Å². The first kappa shape index (κ1) is 10.5. The van der Waals surface area contributed by atoms with E-state index in [1.165, 1.54) is 7.11 Å². The van der Waals surface area contributed by atoms with Gasteiger partial charge in [-0.3, -0.25) is 0 Å². The average molecular weight is 194 g/mol. The van der Waals surface area contributed by atoms with E-state index in [0.717, 1.165) is 5.56 Å². The summed E-state index contributed by atoms with van der Waals surface area (Å²) < 4.78 is 4.59. The van der Waals surface area contributed by atoms with Crippen LogP contribution in [-0.2, 0) is 4.74 Å². The van der Waals surface area contributed by atoms with E-state index in [1.54, 1.807) is 12.3 Å². The Hall–Kier alpha value is -1.58. The van der Waals surface area contributed by atoms with Crippen LogP contribution < -0.4 is 5.73 Å². The molecule has 0 radical (unpaired) electrons. The highest BCUT2D eigenvalue weighted by Crippen LogP contribution is 2.18. The minimum absolute atomic E-state index is 0.209. The van der Waals surface area contributed by atoms with Crippen LogP contribution in [0.3, 0.4) is 0 Å². The summed E-state index contributed by atoms with van der Waals surface area (Å²) in [5.41, 5.74) is 6.86. The highest BCUT2D eigenvalue weighted by atomic mass is 16.5. The van der Waals surface area contributed by atoms with Gasteiger partial charge in [0, 0.05) is 6.20 Å². The van der Waals surface area contributed by atoms with E-state index in [-0.39, 0.29) is 5.82 Å². The molecule has 0 aliphatic rings. The number of carbonyl (C=O) groups excluding carboxylic acids is 1. The van der Waals surface area contributed by atoms with Crippen molar-refractivity contribution >= 4 is 11.8 Å². The third-order valence-electron chi connectivity index (χ3n) is 2.01. The van der Waals surface area contributed by atoms with Crippen molar-refractivity contribution in [2.75, 3.05) is 12.8 Å². The summed E-state index contributed by atoms with van der Waals surface area (Å²) in [4.78, 5) is 15.2. The van der Waals surface area contributed by atoms with Crippen molar-refractivity contribution < 1.29 is 9.53 Å². The first-order valence-corrected chi connectivity index (χ1v) is 4.40. The molecule has 1 aromatic heterocycles. The van der Waals surface area contributed by atoms with Gasteiger partial charge in [0.2, 0.25) is 0 Å². The monoisotopic (exact) mass is 194 g/mol. The van der Waals surface area contributed by atoms with Crippen LogP contribution in [0.25, 0.3) is 0 Å². The Balaban J connectivity index is 3.15. The largest absolute Gasteiger partial charge is 0.465 e. The number of hydrogen-bond acceptors (Lipinski definition) is 4. The molecule has 1 aromatic rings. The fourth-order valence-corrected chi connectivity index (χ4v) is 1.08. The van der Waals surface area contributed by atoms with Crippen LogP contribution in [0.1, 0.15) is 35.7 Å². The van der Waals surface area contributed by atoms with E-state index in [1.807, 2.05) is 13.8 Å². The molecule has 0 aliphatic heterocycles. The van der Waals surface area contributed by atoms with Crippen LogP contribution in [0.2, 0.25) is 0 Å². The van der Waals surface area contributed by atoms with Crippen molar-refractivity contribution in [1.29, 1.82) is 0 Å². The summed E-state index contributed by atoms with van der Waals surface area (Å²) in [6.07, 6.45) is 1.67. The summed E-state index contributed by atoms with van der Waals surface area (Å²) >= 11 is 0. The minimum atomic E-state index is -0.447. The molecule has 0 aromatic carbocycles. The van der Waals surface area contributed by atoms with E-state index in [0.29, 0.717) is 11.5 Å². The van der Waals surface area contributed by atoms with Gasteiger partial charge in [-0.05, 0) is 17.5 Å². The lowest BCUT2D eigenvalue weighted by Gasteiger charge is -2.08. The van der Waals surface area contributed by atoms with E-state index in [2.05, 4.69) is 9.72 Å². The van der Waals surface area contributed by atoms with E-state index < -0.39 is 5.97 Å². The number of nitrogens with two attached hydrogens (primary N) is 1. The summed E-state index contributed by atoms with van der Waals surface area (Å²) in [5.74, 6) is 0.0743. The molecular formula is C10H14N2O2. The quantitative estimate of drug-likeness (QED) is 0.726. The fraction of sp³-hybridized carbons (Fsp3) is 0.400. The zero-order valence-electron chi connectivity index (χ0n) is 8.57. The van der Waals surface area contributed by atoms with Gasteiger partial charge in [0.05, 0.1) is 7.11 Å². The van der Waals surface area contributed by atoms with Gasteiger partial charge in [-0.2, -0.15) is 0 Å². The maximum absolute atomic E-state index is 11.3. The molecule has 0 spiro atoms. The fourth-order valence-electron chi connectivity index (χ4n) is 1.08. The molecule has 0 atom stereocenters. The molecule has 0 saturated carbocycles. The lowest BCUT2D eigenvalue weighted by atomic mass is 10.0. The predicted molar refractivity (Wildman–Crippen MR) is 54.1 cm³/mol. The molecule has 14 heavy (non-hydrogen) atoms. The third kappa shape index (κ3) is 2.02. The molecule has 0 aliphatic carbocycles. The summed E-state index contributed by atoms with van der Waals surface area (Å²) in [6, 6.07) is 1.72. The van der Waals surface area contributed by atoms with Gasteiger partial charge in [-0.25, -0.2) is 9.78 Å². The van der Waals surface area contributed by atoms with Gasteiger partial charge in [-0.15, -0.1) is 0 Å². The van der Waals surface area contributed by atoms with Gasteiger partial charge in [0.1, 0.15) is 11.4 Å². The second-order valence-electron chi connectivity index (χ2n) is 3.35. The Labute approximate surface area is 83.1 Å². The maximum atomic E-state index is 11.3. The van der Waals surface area contributed by atoms with E-state index in [4.69, 9.17) is 5.73 Å². The Kier molecular flexibility index (Phi) is 3.06. The Morgan fingerprint density at radius 3 is 2.71 bits per heavy atom. The van der Waals surface area contributed by atoms with Crippen molar-refractivity contribution in [3.8, 4) is 0 Å². The second kappa shape index (κ2) is 4.09. The van der Waals surface area contributed by atoms with Crippen molar-refractivity contribution in [1.82, 2.24) is 4.98 Å². The number of pyridine rings is 1. The van der Waals surface area contributed by atoms with Crippen LogP contribution in [0.4, 0.5) is 5.82 Å². The smallest absolute Gasteiger partial charge is 0.341 e. The lowest BCUT2D eigenvalue weighted by Crippen LogP contribution is -2.08. The van der Waals surface area contributed by atoms with Crippen LogP contribution in [0.15, 0.2) is 12.3 Å². The zero-order chi connectivity index (χ0) is 10.7. The number of carbonyl (C=O) groups is 1. The van der Waals surface area contributed by atoms with Crippen LogP contribution >= 0.6 is 0 Å². The van der Waals surface area contributed by atoms with Gasteiger partial charge in [0.25, 0.3) is 0 Å². The lowest BCUT2D eigenvalue weighted by molar-refractivity contribution is 0.0601. The Morgan fingerprint density at radius 2 is 2.21 bits per heavy atom. The number of nitrogens with zero attached hydrogens (tertiary/aromatic N) is 1. The third-order valence-corrected chi connectivity index (χ3v) is 2.01. The molecule has 2 N–H and O–H groups in total. The average Bonchev–Trinajstić information content (AvgIpc) is 2.17. The Morgan fingerprint density at radius 1 is 1.57 bits per heavy atom. The van der Waals surface area contributed by atoms with Gasteiger partial charge >= 0.3 is 5.97 Å². The van der Waals surface area contributed by atoms with Crippen molar-refractivity contribution in [2.24, 2.45) is 0 Å². The number of ether oxygens (including phenoxy) is 1. The summed E-state index contributed by atoms with van der Waals surface area (Å²) in [5, 5.41) is 0. The van der Waals surface area contributed by atoms with Crippen LogP contribution in [0, 0.1) is 0 Å². The molecule has 1 heterocycles. The zero-order valence-corrected chi connectivity index (χ0v) is 8.57. The van der Waals surface area contributed by atoms with Crippen molar-refractivity contribution in [3.05, 3.63) is 23.4 Å². The molecule has 1 rings (SSSR count). The second-order valence-corrected chi connectivity index (χ2v) is 3.35. The highest BCUT2D eigenvalue weighted by Gasteiger charge is 2.12. The number of methoxy groups -OCH3 is 1. The molecule has 0 unspecified atom stereocenters. The first-order chi connectivity index (χ1) is 6.56. The van der Waals surface area contributed by atoms with Crippen molar-refractivity contribution in [2.45, 2.75) is 19.8 Å². The molecule has 4 nitrogen and oxygen atoms in total. The van der Waals surface area contributed by atoms with Crippen LogP contribution in [0.5, 0.6) is 0 Å². The van der Waals surface area contributed by atoms with Gasteiger partial charge in [0.15, 0.2) is 0 Å². The topological polar surface area (TPSA) is 65.2 Å². The number of hydrogen-bond donors (Lipinski definition) is 1. The first-order valence-electron chi connectivity index (χ1n) is 4.40. The Bertz CT molecular complexity index is 348. The molecule has 0 bridgehead atoms. The standard InChI is InChI=1S/C10H14N2O2/c1-6(2)7-4-8(10(13)14-3)9(11)12-5-7/h4-6H,1-3H3,(H2,11,12). The van der Waals surface area contributed by atoms with E-state index >= 15 is 0 Å². The molecule has 0 saturated heterocycles. The predicted octanol–water partition coefficient (Wildman–Crippen LogP) is 1.57. The summed E-state index contributed by atoms with van der Waals surface area (Å²) in [7, 11) is 1.32. The number of nitrogen functional groups attached to an aromatic ring is 1. The molecule has 0 amide bonds. The molecule has 4 heteroatoms. The number of aromatic nitrogens is 1. The normalized spacial score (nSPS) is 10.3. The van der Waals surface area contributed by atoms with Crippen molar-refractivity contribution in [3.63, 3.8) is 0 Å². The molecular weight excluding hydrogens is 180 g/mol. The maximum Gasteiger partial charge on any atom is 0.341 e.